The van der Waals surface area contributed by atoms with Crippen molar-refractivity contribution < 1.29 is 13.2 Å². The summed E-state index contributed by atoms with van der Waals surface area (Å²) >= 11 is 0. The van der Waals surface area contributed by atoms with Crippen LogP contribution in [0.3, 0.4) is 0 Å². The third kappa shape index (κ3) is 4.39. The molecular weight excluding hydrogens is 372 g/mol. The molecule has 150 valence electrons. The fourth-order valence-electron chi connectivity index (χ4n) is 4.43. The molecule has 28 heavy (non-hydrogen) atoms. The number of benzene rings is 2. The largest absolute Gasteiger partial charge is 0.341 e. The number of sulfonamides is 1. The molecule has 5 nitrogen and oxygen atoms in total. The molecule has 1 saturated carbocycles. The van der Waals surface area contributed by atoms with Crippen molar-refractivity contribution in [3.05, 3.63) is 48.0 Å². The third-order valence-electron chi connectivity index (χ3n) is 6.03. The van der Waals surface area contributed by atoms with Crippen LogP contribution >= 0.6 is 0 Å². The number of nitrogens with zero attached hydrogens (tertiary/aromatic N) is 1. The first-order valence-corrected chi connectivity index (χ1v) is 11.8. The van der Waals surface area contributed by atoms with Crippen molar-refractivity contribution in [3.8, 4) is 0 Å². The van der Waals surface area contributed by atoms with E-state index < -0.39 is 15.3 Å². The van der Waals surface area contributed by atoms with Gasteiger partial charge in [0.2, 0.25) is 15.9 Å². The number of likely N-dealkylation sites (tertiary alicyclic amines) is 1. The van der Waals surface area contributed by atoms with Gasteiger partial charge in [-0.2, -0.15) is 0 Å². The highest BCUT2D eigenvalue weighted by Crippen LogP contribution is 2.23. The highest BCUT2D eigenvalue weighted by Gasteiger charge is 2.34. The second-order valence-electron chi connectivity index (χ2n) is 8.11. The van der Waals surface area contributed by atoms with Crippen LogP contribution in [-0.4, -0.2) is 43.6 Å². The van der Waals surface area contributed by atoms with Gasteiger partial charge in [0.1, 0.15) is 0 Å². The molecule has 0 aromatic heterocycles. The number of hydrogen-bond donors (Lipinski definition) is 1. The van der Waals surface area contributed by atoms with Gasteiger partial charge in [0.25, 0.3) is 0 Å². The van der Waals surface area contributed by atoms with Crippen LogP contribution < -0.4 is 4.72 Å². The Hall–Kier alpha value is -1.92. The van der Waals surface area contributed by atoms with Crippen molar-refractivity contribution in [2.45, 2.75) is 56.2 Å². The molecule has 1 aliphatic heterocycles. The summed E-state index contributed by atoms with van der Waals surface area (Å²) in [6, 6.07) is 14.2. The fraction of sp³-hybridized carbons (Fsp3) is 0.500. The van der Waals surface area contributed by atoms with Crippen LogP contribution in [0.5, 0.6) is 0 Å². The van der Waals surface area contributed by atoms with Crippen molar-refractivity contribution in [2.75, 3.05) is 13.1 Å². The lowest BCUT2D eigenvalue weighted by molar-refractivity contribution is -0.131. The molecule has 0 spiro atoms. The fourth-order valence-corrected chi connectivity index (χ4v) is 6.17. The van der Waals surface area contributed by atoms with Gasteiger partial charge in [-0.1, -0.05) is 55.3 Å². The summed E-state index contributed by atoms with van der Waals surface area (Å²) < 4.78 is 28.4. The Kier molecular flexibility index (Phi) is 5.69. The molecule has 0 bridgehead atoms. The number of rotatable bonds is 5. The van der Waals surface area contributed by atoms with E-state index in [4.69, 9.17) is 0 Å². The second kappa shape index (κ2) is 8.21. The minimum absolute atomic E-state index is 0.0102. The molecular formula is C22H28N2O3S. The lowest BCUT2D eigenvalue weighted by Gasteiger charge is -2.33. The minimum Gasteiger partial charge on any atom is -0.341 e. The number of hydrogen-bond acceptors (Lipinski definition) is 3. The van der Waals surface area contributed by atoms with E-state index in [1.54, 1.807) is 4.90 Å². The highest BCUT2D eigenvalue weighted by atomic mass is 32.2. The lowest BCUT2D eigenvalue weighted by atomic mass is 10.0. The molecule has 1 atom stereocenters. The van der Waals surface area contributed by atoms with Crippen molar-refractivity contribution >= 4 is 26.7 Å². The molecule has 1 aliphatic carbocycles. The molecule has 4 rings (SSSR count). The topological polar surface area (TPSA) is 66.5 Å². The van der Waals surface area contributed by atoms with Gasteiger partial charge in [-0.25, -0.2) is 13.1 Å². The van der Waals surface area contributed by atoms with Crippen molar-refractivity contribution in [2.24, 2.45) is 0 Å². The van der Waals surface area contributed by atoms with E-state index in [0.717, 1.165) is 48.4 Å². The summed E-state index contributed by atoms with van der Waals surface area (Å²) in [6.45, 7) is 0.941. The zero-order valence-corrected chi connectivity index (χ0v) is 17.0. The van der Waals surface area contributed by atoms with E-state index in [1.807, 2.05) is 36.4 Å². The summed E-state index contributed by atoms with van der Waals surface area (Å²) in [5.41, 5.74) is 0.970. The number of carbonyl (C=O) groups excluding carboxylic acids is 1. The Morgan fingerprint density at radius 3 is 2.54 bits per heavy atom. The van der Waals surface area contributed by atoms with Gasteiger partial charge >= 0.3 is 0 Å². The normalized spacial score (nSPS) is 21.3. The van der Waals surface area contributed by atoms with Crippen molar-refractivity contribution in [3.63, 3.8) is 0 Å². The maximum Gasteiger partial charge on any atom is 0.227 e. The van der Waals surface area contributed by atoms with Crippen LogP contribution in [0, 0.1) is 0 Å². The third-order valence-corrected chi connectivity index (χ3v) is 7.95. The molecule has 1 saturated heterocycles. The first-order valence-electron chi connectivity index (χ1n) is 10.3. The van der Waals surface area contributed by atoms with E-state index in [2.05, 4.69) is 10.8 Å². The van der Waals surface area contributed by atoms with Crippen LogP contribution in [-0.2, 0) is 21.2 Å². The predicted molar refractivity (Wildman–Crippen MR) is 112 cm³/mol. The maximum absolute atomic E-state index is 12.8. The molecule has 0 unspecified atom stereocenters. The second-order valence-corrected chi connectivity index (χ2v) is 10.1. The van der Waals surface area contributed by atoms with Gasteiger partial charge in [0.05, 0.1) is 11.7 Å². The minimum atomic E-state index is -3.38. The molecule has 1 N–H and O–H groups in total. The molecule has 1 amide bonds. The molecule has 2 aliphatic rings. The van der Waals surface area contributed by atoms with Gasteiger partial charge in [0, 0.05) is 19.1 Å². The maximum atomic E-state index is 12.8. The monoisotopic (exact) mass is 400 g/mol. The van der Waals surface area contributed by atoms with Gasteiger partial charge in [0.15, 0.2) is 0 Å². The van der Waals surface area contributed by atoms with Gasteiger partial charge in [-0.15, -0.1) is 0 Å². The van der Waals surface area contributed by atoms with E-state index in [1.165, 1.54) is 0 Å². The SMILES string of the molecule is O=C(Cc1ccc2ccccc2c1)N1CCC[C@@H](S(=O)(=O)NC2CCCC2)C1. The van der Waals surface area contributed by atoms with Gasteiger partial charge < -0.3 is 4.90 Å². The van der Waals surface area contributed by atoms with E-state index >= 15 is 0 Å². The number of carbonyl (C=O) groups is 1. The average molecular weight is 401 g/mol. The summed E-state index contributed by atoms with van der Waals surface area (Å²) in [7, 11) is -3.38. The molecule has 2 aromatic rings. The number of fused-ring (bicyclic) bond motifs is 1. The lowest BCUT2D eigenvalue weighted by Crippen LogP contribution is -2.50. The predicted octanol–water partition coefficient (Wildman–Crippen LogP) is 3.24. The quantitative estimate of drug-likeness (QED) is 0.838. The zero-order valence-electron chi connectivity index (χ0n) is 16.1. The van der Waals surface area contributed by atoms with Crippen LogP contribution in [0.2, 0.25) is 0 Å². The summed E-state index contributed by atoms with van der Waals surface area (Å²) in [5.74, 6) is 0.0102. The Balaban J connectivity index is 1.41. The van der Waals surface area contributed by atoms with E-state index in [0.29, 0.717) is 25.9 Å². The highest BCUT2D eigenvalue weighted by molar-refractivity contribution is 7.90. The summed E-state index contributed by atoms with van der Waals surface area (Å²) in [6.07, 6.45) is 5.71. The van der Waals surface area contributed by atoms with E-state index in [9.17, 15) is 13.2 Å². The first kappa shape index (κ1) is 19.4. The summed E-state index contributed by atoms with van der Waals surface area (Å²) in [5, 5.41) is 1.77. The Morgan fingerprint density at radius 2 is 1.75 bits per heavy atom. The van der Waals surface area contributed by atoms with Crippen LogP contribution in [0.4, 0.5) is 0 Å². The number of amides is 1. The first-order chi connectivity index (χ1) is 13.5. The molecule has 2 aromatic carbocycles. The van der Waals surface area contributed by atoms with Gasteiger partial charge in [-0.3, -0.25) is 4.79 Å². The molecule has 6 heteroatoms. The Bertz CT molecular complexity index is 951. The van der Waals surface area contributed by atoms with Gasteiger partial charge in [-0.05, 0) is 42.0 Å². The average Bonchev–Trinajstić information content (AvgIpc) is 3.20. The van der Waals surface area contributed by atoms with E-state index in [-0.39, 0.29) is 11.9 Å². The molecule has 0 radical (unpaired) electrons. The Morgan fingerprint density at radius 1 is 1.00 bits per heavy atom. The van der Waals surface area contributed by atoms with Crippen molar-refractivity contribution in [1.82, 2.24) is 9.62 Å². The zero-order chi connectivity index (χ0) is 19.6. The number of piperidine rings is 1. The van der Waals surface area contributed by atoms with Crippen LogP contribution in [0.1, 0.15) is 44.1 Å². The number of nitrogens with one attached hydrogen (secondary N) is 1. The molecule has 2 fully saturated rings. The Labute approximate surface area is 167 Å². The van der Waals surface area contributed by atoms with Crippen molar-refractivity contribution in [1.29, 1.82) is 0 Å². The standard InChI is InChI=1S/C22H28N2O3S/c25-22(15-17-11-12-18-6-1-2-7-19(18)14-17)24-13-5-10-21(16-24)28(26,27)23-20-8-3-4-9-20/h1-2,6-7,11-12,14,20-21,23H,3-5,8-10,13,15-16H2/t21-/m1/s1. The van der Waals surface area contributed by atoms with Crippen LogP contribution in [0.15, 0.2) is 42.5 Å². The van der Waals surface area contributed by atoms with Crippen LogP contribution in [0.25, 0.3) is 10.8 Å². The molecule has 1 heterocycles. The summed E-state index contributed by atoms with van der Waals surface area (Å²) in [4.78, 5) is 14.6. The smallest absolute Gasteiger partial charge is 0.227 e.